The molecule has 0 radical (unpaired) electrons. The summed E-state index contributed by atoms with van der Waals surface area (Å²) in [6, 6.07) is 13.5. The highest BCUT2D eigenvalue weighted by atomic mass is 16.4. The third-order valence-corrected chi connectivity index (χ3v) is 4.85. The van der Waals surface area contributed by atoms with E-state index in [-0.39, 0.29) is 23.7 Å². The number of carboxylic acid groups (broad SMARTS) is 1. The zero-order chi connectivity index (χ0) is 19.0. The average molecular weight is 361 g/mol. The highest BCUT2D eigenvalue weighted by molar-refractivity contribution is 6.02. The molecule has 1 fully saturated rings. The van der Waals surface area contributed by atoms with Crippen LogP contribution in [0.1, 0.15) is 24.8 Å². The Hall–Kier alpha value is -3.41. The highest BCUT2D eigenvalue weighted by Gasteiger charge is 2.21. The van der Waals surface area contributed by atoms with Gasteiger partial charge in [0.05, 0.1) is 5.69 Å². The number of benzene rings is 2. The summed E-state index contributed by atoms with van der Waals surface area (Å²) in [7, 11) is 0. The minimum atomic E-state index is -0.994. The fourth-order valence-electron chi connectivity index (χ4n) is 3.47. The number of aliphatic imine (C=N–C) groups is 1. The number of amidine groups is 1. The molecule has 0 atom stereocenters. The monoisotopic (exact) mass is 361 g/mol. The first kappa shape index (κ1) is 17.0. The molecule has 1 saturated heterocycles. The number of aliphatic carboxylic acids is 1. The van der Waals surface area contributed by atoms with E-state index in [1.807, 2.05) is 42.5 Å². The van der Waals surface area contributed by atoms with Crippen LogP contribution in [-0.2, 0) is 9.59 Å². The summed E-state index contributed by atoms with van der Waals surface area (Å²) < 4.78 is 0. The van der Waals surface area contributed by atoms with Crippen LogP contribution in [0.25, 0.3) is 17.2 Å². The fraction of sp³-hybridized carbons (Fsp3) is 0.190. The molecule has 0 aromatic heterocycles. The maximum atomic E-state index is 11.9. The third kappa shape index (κ3) is 3.33. The van der Waals surface area contributed by atoms with Gasteiger partial charge in [0.1, 0.15) is 5.84 Å². The summed E-state index contributed by atoms with van der Waals surface area (Å²) in [6.07, 6.45) is 3.25. The zero-order valence-electron chi connectivity index (χ0n) is 14.7. The van der Waals surface area contributed by atoms with Crippen molar-refractivity contribution in [3.63, 3.8) is 0 Å². The molecule has 0 saturated carbocycles. The summed E-state index contributed by atoms with van der Waals surface area (Å²) >= 11 is 0. The number of anilines is 1. The SMILES string of the molecule is NC1=Nc2ccc(-c3ccc(N4CCCC4=O)cc3)cc2C=C(C(=O)O)C1. The predicted molar refractivity (Wildman–Crippen MR) is 105 cm³/mol. The Labute approximate surface area is 156 Å². The van der Waals surface area contributed by atoms with Crippen LogP contribution in [0.5, 0.6) is 0 Å². The first-order valence-corrected chi connectivity index (χ1v) is 8.83. The molecule has 6 nitrogen and oxygen atoms in total. The fourth-order valence-corrected chi connectivity index (χ4v) is 3.47. The van der Waals surface area contributed by atoms with Gasteiger partial charge in [-0.05, 0) is 47.9 Å². The van der Waals surface area contributed by atoms with E-state index in [0.717, 1.165) is 35.3 Å². The van der Waals surface area contributed by atoms with Gasteiger partial charge in [-0.2, -0.15) is 0 Å². The normalized spacial score (nSPS) is 16.4. The van der Waals surface area contributed by atoms with Gasteiger partial charge < -0.3 is 15.7 Å². The van der Waals surface area contributed by atoms with Crippen molar-refractivity contribution in [1.29, 1.82) is 0 Å². The first-order chi connectivity index (χ1) is 13.0. The maximum Gasteiger partial charge on any atom is 0.332 e. The molecule has 1 amide bonds. The molecule has 2 heterocycles. The quantitative estimate of drug-likeness (QED) is 0.876. The highest BCUT2D eigenvalue weighted by Crippen LogP contribution is 2.32. The van der Waals surface area contributed by atoms with Crippen LogP contribution in [0.3, 0.4) is 0 Å². The van der Waals surface area contributed by atoms with Crippen LogP contribution >= 0.6 is 0 Å². The van der Waals surface area contributed by atoms with E-state index in [9.17, 15) is 14.7 Å². The van der Waals surface area contributed by atoms with Gasteiger partial charge in [-0.15, -0.1) is 0 Å². The number of rotatable bonds is 3. The smallest absolute Gasteiger partial charge is 0.332 e. The second-order valence-corrected chi connectivity index (χ2v) is 6.72. The van der Waals surface area contributed by atoms with Crippen molar-refractivity contribution in [3.8, 4) is 11.1 Å². The molecule has 0 bridgehead atoms. The van der Waals surface area contributed by atoms with Crippen molar-refractivity contribution in [2.75, 3.05) is 11.4 Å². The Morgan fingerprint density at radius 1 is 1.11 bits per heavy atom. The average Bonchev–Trinajstić information content (AvgIpc) is 3.00. The molecule has 27 heavy (non-hydrogen) atoms. The van der Waals surface area contributed by atoms with Gasteiger partial charge >= 0.3 is 5.97 Å². The molecule has 2 aromatic carbocycles. The van der Waals surface area contributed by atoms with Gasteiger partial charge in [0.15, 0.2) is 0 Å². The van der Waals surface area contributed by atoms with Gasteiger partial charge in [-0.1, -0.05) is 18.2 Å². The van der Waals surface area contributed by atoms with Gasteiger partial charge in [0.2, 0.25) is 5.91 Å². The number of hydrogen-bond donors (Lipinski definition) is 2. The van der Waals surface area contributed by atoms with E-state index in [1.54, 1.807) is 11.0 Å². The molecule has 2 aromatic rings. The first-order valence-electron chi connectivity index (χ1n) is 8.83. The maximum absolute atomic E-state index is 11.9. The van der Waals surface area contributed by atoms with Crippen molar-refractivity contribution < 1.29 is 14.7 Å². The molecule has 0 spiro atoms. The van der Waals surface area contributed by atoms with Gasteiger partial charge in [0, 0.05) is 36.2 Å². The Morgan fingerprint density at radius 3 is 2.52 bits per heavy atom. The Kier molecular flexibility index (Phi) is 4.24. The van der Waals surface area contributed by atoms with Crippen molar-refractivity contribution in [3.05, 3.63) is 53.6 Å². The lowest BCUT2D eigenvalue weighted by Crippen LogP contribution is -2.23. The van der Waals surface area contributed by atoms with E-state index >= 15 is 0 Å². The Balaban J connectivity index is 1.69. The lowest BCUT2D eigenvalue weighted by Gasteiger charge is -2.16. The third-order valence-electron chi connectivity index (χ3n) is 4.85. The van der Waals surface area contributed by atoms with E-state index in [0.29, 0.717) is 12.1 Å². The predicted octanol–water partition coefficient (Wildman–Crippen LogP) is 3.34. The van der Waals surface area contributed by atoms with Crippen LogP contribution in [0.2, 0.25) is 0 Å². The van der Waals surface area contributed by atoms with Crippen LogP contribution in [0, 0.1) is 0 Å². The zero-order valence-corrected chi connectivity index (χ0v) is 14.7. The van der Waals surface area contributed by atoms with E-state index < -0.39 is 5.97 Å². The van der Waals surface area contributed by atoms with Crippen LogP contribution in [-0.4, -0.2) is 29.4 Å². The molecule has 0 aliphatic carbocycles. The summed E-state index contributed by atoms with van der Waals surface area (Å²) in [4.78, 5) is 29.4. The van der Waals surface area contributed by atoms with E-state index in [2.05, 4.69) is 4.99 Å². The molecule has 2 aliphatic heterocycles. The Morgan fingerprint density at radius 2 is 1.85 bits per heavy atom. The second kappa shape index (κ2) is 6.72. The van der Waals surface area contributed by atoms with Crippen LogP contribution in [0.15, 0.2) is 53.0 Å². The van der Waals surface area contributed by atoms with Gasteiger partial charge in [-0.25, -0.2) is 9.79 Å². The number of amides is 1. The number of carbonyl (C=O) groups excluding carboxylic acids is 1. The molecule has 6 heteroatoms. The lowest BCUT2D eigenvalue weighted by atomic mass is 10.00. The van der Waals surface area contributed by atoms with Gasteiger partial charge in [0.25, 0.3) is 0 Å². The summed E-state index contributed by atoms with van der Waals surface area (Å²) in [6.45, 7) is 0.763. The van der Waals surface area contributed by atoms with Crippen molar-refractivity contribution in [1.82, 2.24) is 0 Å². The molecule has 0 unspecified atom stereocenters. The number of nitrogens with two attached hydrogens (primary N) is 1. The molecular weight excluding hydrogens is 342 g/mol. The number of hydrogen-bond acceptors (Lipinski definition) is 4. The molecule has 2 aliphatic rings. The van der Waals surface area contributed by atoms with Gasteiger partial charge in [-0.3, -0.25) is 4.79 Å². The second-order valence-electron chi connectivity index (χ2n) is 6.72. The number of carboxylic acids is 1. The summed E-state index contributed by atoms with van der Waals surface area (Å²) in [5.41, 5.74) is 10.3. The minimum Gasteiger partial charge on any atom is -0.478 e. The number of fused-ring (bicyclic) bond motifs is 1. The van der Waals surface area contributed by atoms with E-state index in [1.165, 1.54) is 0 Å². The Bertz CT molecular complexity index is 990. The number of carbonyl (C=O) groups is 2. The standard InChI is InChI=1S/C21H19N3O3/c22-19-12-16(21(26)27)11-15-10-14(5-8-18(15)23-19)13-3-6-17(7-4-13)24-9-1-2-20(24)25/h3-8,10-11H,1-2,9,12H2,(H2,22,23)(H,26,27). The summed E-state index contributed by atoms with van der Waals surface area (Å²) in [5.74, 6) is -0.546. The topological polar surface area (TPSA) is 96.0 Å². The molecule has 3 N–H and O–H groups in total. The number of nitrogens with zero attached hydrogens (tertiary/aromatic N) is 2. The molecule has 136 valence electrons. The largest absolute Gasteiger partial charge is 0.478 e. The van der Waals surface area contributed by atoms with Crippen molar-refractivity contribution in [2.24, 2.45) is 10.7 Å². The van der Waals surface area contributed by atoms with Crippen LogP contribution < -0.4 is 10.6 Å². The lowest BCUT2D eigenvalue weighted by molar-refractivity contribution is -0.132. The molecule has 4 rings (SSSR count). The summed E-state index contributed by atoms with van der Waals surface area (Å²) in [5, 5.41) is 9.34. The van der Waals surface area contributed by atoms with Crippen molar-refractivity contribution in [2.45, 2.75) is 19.3 Å². The minimum absolute atomic E-state index is 0.123. The van der Waals surface area contributed by atoms with E-state index in [4.69, 9.17) is 5.73 Å². The molecular formula is C21H19N3O3. The van der Waals surface area contributed by atoms with Crippen molar-refractivity contribution >= 4 is 35.2 Å². The van der Waals surface area contributed by atoms with Crippen LogP contribution in [0.4, 0.5) is 11.4 Å².